The first-order valence-corrected chi connectivity index (χ1v) is 7.06. The molecule has 0 heterocycles. The van der Waals surface area contributed by atoms with E-state index in [9.17, 15) is 5.11 Å². The monoisotopic (exact) mass is 273 g/mol. The van der Waals surface area contributed by atoms with E-state index >= 15 is 0 Å². The first kappa shape index (κ1) is 14.8. The lowest BCUT2D eigenvalue weighted by Crippen LogP contribution is -2.36. The topological polar surface area (TPSA) is 41.5 Å². The van der Waals surface area contributed by atoms with Gasteiger partial charge in [0.15, 0.2) is 0 Å². The normalized spacial score (nSPS) is 12.8. The number of ether oxygens (including phenoxy) is 1. The lowest BCUT2D eigenvalue weighted by molar-refractivity contribution is 0.210. The lowest BCUT2D eigenvalue weighted by Gasteiger charge is -2.21. The van der Waals surface area contributed by atoms with E-state index in [0.717, 1.165) is 11.3 Å². The number of hydrogen-bond acceptors (Lipinski definition) is 3. The summed E-state index contributed by atoms with van der Waals surface area (Å²) in [7, 11) is 1.69. The minimum absolute atomic E-state index is 0.0960. The van der Waals surface area contributed by atoms with Crippen LogP contribution in [0.25, 0.3) is 10.8 Å². The number of aliphatic hydroxyl groups excluding tert-OH is 1. The van der Waals surface area contributed by atoms with Crippen LogP contribution in [-0.2, 0) is 6.54 Å². The maximum absolute atomic E-state index is 9.42. The molecule has 0 radical (unpaired) electrons. The van der Waals surface area contributed by atoms with Gasteiger partial charge in [0, 0.05) is 18.2 Å². The van der Waals surface area contributed by atoms with Gasteiger partial charge in [0.2, 0.25) is 0 Å². The van der Waals surface area contributed by atoms with Crippen molar-refractivity contribution in [2.45, 2.75) is 26.4 Å². The van der Waals surface area contributed by atoms with Gasteiger partial charge >= 0.3 is 0 Å². The summed E-state index contributed by atoms with van der Waals surface area (Å²) >= 11 is 0. The van der Waals surface area contributed by atoms with Gasteiger partial charge in [0.1, 0.15) is 5.75 Å². The van der Waals surface area contributed by atoms with Crippen molar-refractivity contribution in [2.75, 3.05) is 13.7 Å². The van der Waals surface area contributed by atoms with Crippen molar-refractivity contribution in [3.8, 4) is 5.75 Å². The molecule has 2 rings (SSSR count). The van der Waals surface area contributed by atoms with Gasteiger partial charge in [0.05, 0.1) is 13.7 Å². The number of hydrogen-bond donors (Lipinski definition) is 2. The number of methoxy groups -OCH3 is 1. The Balaban J connectivity index is 2.31. The van der Waals surface area contributed by atoms with Crippen LogP contribution >= 0.6 is 0 Å². The van der Waals surface area contributed by atoms with Crippen LogP contribution in [0.4, 0.5) is 0 Å². The molecule has 0 spiro atoms. The van der Waals surface area contributed by atoms with Gasteiger partial charge in [-0.2, -0.15) is 0 Å². The minimum Gasteiger partial charge on any atom is -0.496 e. The number of benzene rings is 2. The Morgan fingerprint density at radius 1 is 1.15 bits per heavy atom. The molecule has 0 aliphatic carbocycles. The Kier molecular flexibility index (Phi) is 4.99. The van der Waals surface area contributed by atoms with Crippen LogP contribution in [0.2, 0.25) is 0 Å². The smallest absolute Gasteiger partial charge is 0.123 e. The van der Waals surface area contributed by atoms with Crippen molar-refractivity contribution in [1.29, 1.82) is 0 Å². The van der Waals surface area contributed by atoms with Crippen molar-refractivity contribution in [1.82, 2.24) is 5.32 Å². The Morgan fingerprint density at radius 3 is 2.55 bits per heavy atom. The first-order valence-electron chi connectivity index (χ1n) is 7.06. The Bertz CT molecular complexity index is 566. The summed E-state index contributed by atoms with van der Waals surface area (Å²) in [6.45, 7) is 5.04. The molecule has 3 nitrogen and oxygen atoms in total. The fourth-order valence-electron chi connectivity index (χ4n) is 2.43. The van der Waals surface area contributed by atoms with E-state index in [1.807, 2.05) is 18.2 Å². The summed E-state index contributed by atoms with van der Waals surface area (Å²) in [6, 6.07) is 12.5. The largest absolute Gasteiger partial charge is 0.496 e. The third-order valence-corrected chi connectivity index (χ3v) is 3.76. The highest BCUT2D eigenvalue weighted by Gasteiger charge is 2.14. The molecular weight excluding hydrogens is 250 g/mol. The van der Waals surface area contributed by atoms with Gasteiger partial charge in [-0.05, 0) is 22.8 Å². The third kappa shape index (κ3) is 3.11. The molecule has 0 saturated carbocycles. The van der Waals surface area contributed by atoms with E-state index in [0.29, 0.717) is 12.5 Å². The molecule has 0 aliphatic heterocycles. The van der Waals surface area contributed by atoms with Gasteiger partial charge < -0.3 is 15.2 Å². The Morgan fingerprint density at radius 2 is 1.90 bits per heavy atom. The predicted octanol–water partition coefficient (Wildman–Crippen LogP) is 2.95. The summed E-state index contributed by atoms with van der Waals surface area (Å²) in [6.07, 6.45) is 0. The number of fused-ring (bicyclic) bond motifs is 1. The third-order valence-electron chi connectivity index (χ3n) is 3.76. The average molecular weight is 273 g/mol. The first-order chi connectivity index (χ1) is 9.67. The van der Waals surface area contributed by atoms with Crippen LogP contribution in [0.5, 0.6) is 5.75 Å². The Labute approximate surface area is 120 Å². The van der Waals surface area contributed by atoms with Crippen LogP contribution in [0, 0.1) is 5.92 Å². The molecule has 0 unspecified atom stereocenters. The molecule has 0 fully saturated rings. The van der Waals surface area contributed by atoms with Crippen LogP contribution < -0.4 is 10.1 Å². The molecule has 2 aromatic rings. The van der Waals surface area contributed by atoms with Crippen LogP contribution in [0.1, 0.15) is 19.4 Å². The second kappa shape index (κ2) is 6.73. The molecular formula is C17H23NO2. The molecule has 108 valence electrons. The van der Waals surface area contributed by atoms with Crippen LogP contribution in [0.15, 0.2) is 36.4 Å². The fraction of sp³-hybridized carbons (Fsp3) is 0.412. The molecule has 0 amide bonds. The lowest BCUT2D eigenvalue weighted by atomic mass is 10.0. The van der Waals surface area contributed by atoms with Crippen LogP contribution in [-0.4, -0.2) is 24.9 Å². The van der Waals surface area contributed by atoms with E-state index in [1.165, 1.54) is 10.8 Å². The second-order valence-electron chi connectivity index (χ2n) is 5.38. The minimum atomic E-state index is 0.0960. The highest BCUT2D eigenvalue weighted by atomic mass is 16.5. The van der Waals surface area contributed by atoms with E-state index in [-0.39, 0.29) is 12.6 Å². The van der Waals surface area contributed by atoms with Crippen molar-refractivity contribution in [3.05, 3.63) is 42.0 Å². The summed E-state index contributed by atoms with van der Waals surface area (Å²) in [5.41, 5.74) is 1.14. The summed E-state index contributed by atoms with van der Waals surface area (Å²) in [4.78, 5) is 0. The zero-order chi connectivity index (χ0) is 14.5. The zero-order valence-corrected chi connectivity index (χ0v) is 12.4. The fourth-order valence-corrected chi connectivity index (χ4v) is 2.43. The van der Waals surface area contributed by atoms with Crippen molar-refractivity contribution >= 4 is 10.8 Å². The number of rotatable bonds is 6. The van der Waals surface area contributed by atoms with E-state index in [4.69, 9.17) is 4.74 Å². The maximum atomic E-state index is 9.42. The van der Waals surface area contributed by atoms with E-state index < -0.39 is 0 Å². The number of aliphatic hydroxyl groups is 1. The summed E-state index contributed by atoms with van der Waals surface area (Å²) in [5.74, 6) is 1.28. The standard InChI is InChI=1S/C17H23NO2/c1-12(2)16(11-19)18-10-15-14-7-5-4-6-13(14)8-9-17(15)20-3/h4-9,12,16,18-19H,10-11H2,1-3H3/t16-/m1/s1. The van der Waals surface area contributed by atoms with Gasteiger partial charge in [-0.1, -0.05) is 44.2 Å². The highest BCUT2D eigenvalue weighted by molar-refractivity contribution is 5.87. The van der Waals surface area contributed by atoms with E-state index in [2.05, 4.69) is 37.4 Å². The molecule has 20 heavy (non-hydrogen) atoms. The molecule has 0 aromatic heterocycles. The number of nitrogens with one attached hydrogen (secondary N) is 1. The SMILES string of the molecule is COc1ccc2ccccc2c1CN[C@H](CO)C(C)C. The van der Waals surface area contributed by atoms with Crippen LogP contribution in [0.3, 0.4) is 0 Å². The van der Waals surface area contributed by atoms with Gasteiger partial charge in [-0.25, -0.2) is 0 Å². The Hall–Kier alpha value is -1.58. The predicted molar refractivity (Wildman–Crippen MR) is 83.1 cm³/mol. The summed E-state index contributed by atoms with van der Waals surface area (Å²) in [5, 5.41) is 15.2. The molecule has 2 aromatic carbocycles. The molecule has 0 aliphatic rings. The molecule has 3 heteroatoms. The maximum Gasteiger partial charge on any atom is 0.123 e. The molecule has 0 saturated heterocycles. The van der Waals surface area contributed by atoms with Crippen molar-refractivity contribution in [3.63, 3.8) is 0 Å². The van der Waals surface area contributed by atoms with E-state index in [1.54, 1.807) is 7.11 Å². The quantitative estimate of drug-likeness (QED) is 0.850. The average Bonchev–Trinajstić information content (AvgIpc) is 2.47. The summed E-state index contributed by atoms with van der Waals surface area (Å²) < 4.78 is 5.48. The van der Waals surface area contributed by atoms with Gasteiger partial charge in [-0.3, -0.25) is 0 Å². The van der Waals surface area contributed by atoms with Crippen molar-refractivity contribution < 1.29 is 9.84 Å². The van der Waals surface area contributed by atoms with Gasteiger partial charge in [-0.15, -0.1) is 0 Å². The zero-order valence-electron chi connectivity index (χ0n) is 12.4. The van der Waals surface area contributed by atoms with Crippen molar-refractivity contribution in [2.24, 2.45) is 5.92 Å². The highest BCUT2D eigenvalue weighted by Crippen LogP contribution is 2.28. The second-order valence-corrected chi connectivity index (χ2v) is 5.38. The molecule has 1 atom stereocenters. The van der Waals surface area contributed by atoms with Gasteiger partial charge in [0.25, 0.3) is 0 Å². The molecule has 0 bridgehead atoms. The molecule has 2 N–H and O–H groups in total.